The number of benzene rings is 2. The second-order valence-corrected chi connectivity index (χ2v) is 7.79. The predicted octanol–water partition coefficient (Wildman–Crippen LogP) is 3.35. The van der Waals surface area contributed by atoms with Crippen LogP contribution >= 0.6 is 12.2 Å². The summed E-state index contributed by atoms with van der Waals surface area (Å²) in [6.07, 6.45) is 4.42. The number of aryl methyl sites for hydroxylation is 1. The van der Waals surface area contributed by atoms with Gasteiger partial charge in [-0.25, -0.2) is 0 Å². The van der Waals surface area contributed by atoms with Crippen LogP contribution in [0.5, 0.6) is 5.75 Å². The molecule has 1 aliphatic rings. The summed E-state index contributed by atoms with van der Waals surface area (Å²) in [4.78, 5) is 26.2. The van der Waals surface area contributed by atoms with E-state index in [0.717, 1.165) is 34.2 Å². The van der Waals surface area contributed by atoms with Crippen LogP contribution in [-0.2, 0) is 22.6 Å². The van der Waals surface area contributed by atoms with Gasteiger partial charge in [-0.15, -0.1) is 0 Å². The molecule has 32 heavy (non-hydrogen) atoms. The standard InChI is InChI=1S/C24H24N4O3S/c1-3-15-6-5-7-19-16(13-27(22(15)19)14-21(25)29)12-20-23(30)28(24(32)26-20)17-8-10-18(11-9-17)31-4-2/h5-13H,3-4,14H2,1-2H3,(H2,25,29)(H,26,32)/b20-12-. The topological polar surface area (TPSA) is 89.6 Å². The number of nitrogens with one attached hydrogen (secondary N) is 1. The molecular formula is C24H24N4O3S. The van der Waals surface area contributed by atoms with Gasteiger partial charge in [-0.2, -0.15) is 0 Å². The number of amides is 2. The fourth-order valence-corrected chi connectivity index (χ4v) is 4.24. The number of thiocarbonyl (C=S) groups is 1. The molecule has 0 bridgehead atoms. The lowest BCUT2D eigenvalue weighted by Gasteiger charge is -2.14. The Morgan fingerprint density at radius 1 is 1.19 bits per heavy atom. The molecule has 0 atom stereocenters. The van der Waals surface area contributed by atoms with Crippen LogP contribution in [0.15, 0.2) is 54.4 Å². The molecule has 2 heterocycles. The summed E-state index contributed by atoms with van der Waals surface area (Å²) in [7, 11) is 0. The number of nitrogens with two attached hydrogens (primary N) is 1. The lowest BCUT2D eigenvalue weighted by Crippen LogP contribution is -2.30. The van der Waals surface area contributed by atoms with E-state index in [1.807, 2.05) is 35.9 Å². The van der Waals surface area contributed by atoms with Gasteiger partial charge in [0.1, 0.15) is 18.0 Å². The first-order chi connectivity index (χ1) is 15.4. The zero-order chi connectivity index (χ0) is 22.8. The number of para-hydroxylation sites is 1. The lowest BCUT2D eigenvalue weighted by molar-refractivity contribution is -0.118. The molecule has 7 nitrogen and oxygen atoms in total. The van der Waals surface area contributed by atoms with Gasteiger partial charge >= 0.3 is 0 Å². The minimum absolute atomic E-state index is 0.0643. The Morgan fingerprint density at radius 3 is 2.59 bits per heavy atom. The summed E-state index contributed by atoms with van der Waals surface area (Å²) in [6.45, 7) is 4.61. The van der Waals surface area contributed by atoms with Gasteiger partial charge in [-0.3, -0.25) is 14.5 Å². The van der Waals surface area contributed by atoms with Gasteiger partial charge in [0.15, 0.2) is 5.11 Å². The number of primary amides is 1. The van der Waals surface area contributed by atoms with E-state index in [-0.39, 0.29) is 12.5 Å². The zero-order valence-electron chi connectivity index (χ0n) is 17.9. The molecule has 0 spiro atoms. The number of carbonyl (C=O) groups excluding carboxylic acids is 2. The molecule has 0 unspecified atom stereocenters. The molecule has 0 radical (unpaired) electrons. The summed E-state index contributed by atoms with van der Waals surface area (Å²) in [5, 5.41) is 4.27. The molecule has 8 heteroatoms. The van der Waals surface area contributed by atoms with Crippen molar-refractivity contribution in [2.75, 3.05) is 11.5 Å². The predicted molar refractivity (Wildman–Crippen MR) is 129 cm³/mol. The highest BCUT2D eigenvalue weighted by molar-refractivity contribution is 7.80. The smallest absolute Gasteiger partial charge is 0.281 e. The monoisotopic (exact) mass is 448 g/mol. The number of fused-ring (bicyclic) bond motifs is 1. The number of ether oxygens (including phenoxy) is 1. The maximum Gasteiger partial charge on any atom is 0.281 e. The number of carbonyl (C=O) groups is 2. The second-order valence-electron chi connectivity index (χ2n) is 7.40. The molecule has 2 amide bonds. The van der Waals surface area contributed by atoms with E-state index in [1.54, 1.807) is 30.3 Å². The first kappa shape index (κ1) is 21.6. The van der Waals surface area contributed by atoms with Crippen molar-refractivity contribution in [2.45, 2.75) is 26.8 Å². The third-order valence-corrected chi connectivity index (χ3v) is 5.59. The van der Waals surface area contributed by atoms with Crippen molar-refractivity contribution in [3.05, 3.63) is 65.5 Å². The Bertz CT molecular complexity index is 1240. The first-order valence-electron chi connectivity index (χ1n) is 10.4. The largest absolute Gasteiger partial charge is 0.494 e. The Morgan fingerprint density at radius 2 is 1.94 bits per heavy atom. The van der Waals surface area contributed by atoms with Crippen LogP contribution in [0.2, 0.25) is 0 Å². The molecule has 4 rings (SSSR count). The molecule has 3 N–H and O–H groups in total. The van der Waals surface area contributed by atoms with Crippen LogP contribution < -0.4 is 20.7 Å². The molecule has 1 fully saturated rings. The number of hydrogen-bond acceptors (Lipinski definition) is 4. The Hall–Kier alpha value is -3.65. The quantitative estimate of drug-likeness (QED) is 0.427. The Kier molecular flexibility index (Phi) is 5.96. The minimum atomic E-state index is -0.426. The maximum atomic E-state index is 13.2. The summed E-state index contributed by atoms with van der Waals surface area (Å²) in [5.41, 5.74) is 9.33. The van der Waals surface area contributed by atoms with Crippen LogP contribution in [0.25, 0.3) is 17.0 Å². The molecule has 3 aromatic rings. The van der Waals surface area contributed by atoms with Crippen LogP contribution in [0.4, 0.5) is 5.69 Å². The number of hydrogen-bond donors (Lipinski definition) is 2. The fraction of sp³-hybridized carbons (Fsp3) is 0.208. The highest BCUT2D eigenvalue weighted by Gasteiger charge is 2.32. The number of anilines is 1. The van der Waals surface area contributed by atoms with Crippen molar-refractivity contribution < 1.29 is 14.3 Å². The lowest BCUT2D eigenvalue weighted by atomic mass is 10.1. The van der Waals surface area contributed by atoms with Gasteiger partial charge in [0.25, 0.3) is 5.91 Å². The Labute approximate surface area is 191 Å². The van der Waals surface area contributed by atoms with Crippen molar-refractivity contribution >= 4 is 51.8 Å². The van der Waals surface area contributed by atoms with Gasteiger partial charge in [-0.05, 0) is 61.5 Å². The average molecular weight is 449 g/mol. The van der Waals surface area contributed by atoms with E-state index in [0.29, 0.717) is 23.1 Å². The second kappa shape index (κ2) is 8.84. The van der Waals surface area contributed by atoms with Crippen LogP contribution in [0.1, 0.15) is 25.0 Å². The summed E-state index contributed by atoms with van der Waals surface area (Å²) in [6, 6.07) is 13.2. The minimum Gasteiger partial charge on any atom is -0.494 e. The summed E-state index contributed by atoms with van der Waals surface area (Å²) < 4.78 is 7.31. The molecule has 1 aliphatic heterocycles. The van der Waals surface area contributed by atoms with Crippen LogP contribution in [-0.4, -0.2) is 28.1 Å². The third-order valence-electron chi connectivity index (χ3n) is 5.30. The van der Waals surface area contributed by atoms with Gasteiger partial charge in [0.05, 0.1) is 17.8 Å². The van der Waals surface area contributed by atoms with E-state index < -0.39 is 5.91 Å². The van der Waals surface area contributed by atoms with Gasteiger partial charge < -0.3 is 20.4 Å². The zero-order valence-corrected chi connectivity index (χ0v) is 18.7. The molecule has 0 saturated carbocycles. The highest BCUT2D eigenvalue weighted by Crippen LogP contribution is 2.29. The van der Waals surface area contributed by atoms with Crippen molar-refractivity contribution in [3.8, 4) is 5.75 Å². The molecule has 164 valence electrons. The van der Waals surface area contributed by atoms with E-state index >= 15 is 0 Å². The Balaban J connectivity index is 1.72. The number of nitrogens with zero attached hydrogens (tertiary/aromatic N) is 2. The van der Waals surface area contributed by atoms with Crippen LogP contribution in [0.3, 0.4) is 0 Å². The van der Waals surface area contributed by atoms with E-state index in [2.05, 4.69) is 12.2 Å². The first-order valence-corrected chi connectivity index (χ1v) is 10.8. The van der Waals surface area contributed by atoms with Gasteiger partial charge in [-0.1, -0.05) is 25.1 Å². The van der Waals surface area contributed by atoms with E-state index in [9.17, 15) is 9.59 Å². The van der Waals surface area contributed by atoms with E-state index in [4.69, 9.17) is 22.7 Å². The van der Waals surface area contributed by atoms with Crippen molar-refractivity contribution in [3.63, 3.8) is 0 Å². The molecule has 1 aromatic heterocycles. The molecule has 1 saturated heterocycles. The fourth-order valence-electron chi connectivity index (χ4n) is 3.94. The SMILES string of the molecule is CCOc1ccc(N2C(=O)/C(=C/c3cn(CC(N)=O)c4c(CC)cccc34)NC2=S)cc1. The maximum absolute atomic E-state index is 13.2. The van der Waals surface area contributed by atoms with Crippen molar-refractivity contribution in [1.29, 1.82) is 0 Å². The van der Waals surface area contributed by atoms with Gasteiger partial charge in [0, 0.05) is 17.1 Å². The molecular weight excluding hydrogens is 424 g/mol. The number of aromatic nitrogens is 1. The van der Waals surface area contributed by atoms with Gasteiger partial charge in [0.2, 0.25) is 5.91 Å². The number of rotatable bonds is 7. The third kappa shape index (κ3) is 3.97. The average Bonchev–Trinajstić information content (AvgIpc) is 3.25. The van der Waals surface area contributed by atoms with E-state index in [1.165, 1.54) is 4.90 Å². The summed E-state index contributed by atoms with van der Waals surface area (Å²) >= 11 is 5.43. The normalized spacial score (nSPS) is 14.9. The summed E-state index contributed by atoms with van der Waals surface area (Å²) in [5.74, 6) is 0.0538. The van der Waals surface area contributed by atoms with Crippen molar-refractivity contribution in [1.82, 2.24) is 9.88 Å². The highest BCUT2D eigenvalue weighted by atomic mass is 32.1. The van der Waals surface area contributed by atoms with Crippen molar-refractivity contribution in [2.24, 2.45) is 5.73 Å². The molecule has 0 aliphatic carbocycles. The van der Waals surface area contributed by atoms with Crippen LogP contribution in [0, 0.1) is 0 Å². The molecule has 2 aromatic carbocycles.